The lowest BCUT2D eigenvalue weighted by atomic mass is 9.94. The molecule has 3 aromatic rings. The zero-order valence-corrected chi connectivity index (χ0v) is 18.2. The van der Waals surface area contributed by atoms with Gasteiger partial charge in [0.05, 0.1) is 23.9 Å². The molecule has 2 heterocycles. The summed E-state index contributed by atoms with van der Waals surface area (Å²) in [6.07, 6.45) is 3.58. The maximum Gasteiger partial charge on any atom is 0.254 e. The molecule has 2 aliphatic rings. The Bertz CT molecular complexity index is 1160. The quantitative estimate of drug-likeness (QED) is 0.643. The number of pyridine rings is 1. The summed E-state index contributed by atoms with van der Waals surface area (Å²) in [5.74, 6) is 1.02. The number of anilines is 1. The van der Waals surface area contributed by atoms with Gasteiger partial charge in [-0.3, -0.25) is 14.6 Å². The standard InChI is InChI=1S/C26H27N3O3/c1-32-24-9-5-4-8-22(24)28-25(30)18-12-14-29(15-13-18)26(31)20-16-23(17-10-11-17)27-21-7-3-2-6-19(20)21/h2-9,16-18H,10-15H2,1H3,(H,28,30). The molecule has 164 valence electrons. The van der Waals surface area contributed by atoms with E-state index in [4.69, 9.17) is 9.72 Å². The lowest BCUT2D eigenvalue weighted by Crippen LogP contribution is -2.41. The van der Waals surface area contributed by atoms with E-state index in [0.717, 1.165) is 35.0 Å². The van der Waals surface area contributed by atoms with E-state index in [-0.39, 0.29) is 17.7 Å². The normalized spacial score (nSPS) is 16.7. The monoisotopic (exact) mass is 429 g/mol. The molecule has 1 aromatic heterocycles. The third-order valence-electron chi connectivity index (χ3n) is 6.48. The van der Waals surface area contributed by atoms with E-state index >= 15 is 0 Å². The Hall–Kier alpha value is -3.41. The van der Waals surface area contributed by atoms with Crippen LogP contribution in [0.2, 0.25) is 0 Å². The first kappa shape index (κ1) is 20.5. The van der Waals surface area contributed by atoms with E-state index in [1.807, 2.05) is 59.5 Å². The number of rotatable bonds is 5. The first-order valence-corrected chi connectivity index (χ1v) is 11.3. The van der Waals surface area contributed by atoms with Crippen LogP contribution in [0.1, 0.15) is 47.7 Å². The predicted molar refractivity (Wildman–Crippen MR) is 124 cm³/mol. The largest absolute Gasteiger partial charge is 0.495 e. The third kappa shape index (κ3) is 4.05. The minimum absolute atomic E-state index is 0.0213. The smallest absolute Gasteiger partial charge is 0.254 e. The molecule has 2 aromatic carbocycles. The number of benzene rings is 2. The molecule has 0 unspecified atom stereocenters. The van der Waals surface area contributed by atoms with Gasteiger partial charge in [-0.1, -0.05) is 30.3 Å². The second kappa shape index (κ2) is 8.61. The molecule has 2 fully saturated rings. The minimum atomic E-state index is -0.125. The molecule has 0 radical (unpaired) electrons. The first-order chi connectivity index (χ1) is 15.6. The van der Waals surface area contributed by atoms with Crippen LogP contribution < -0.4 is 10.1 Å². The maximum atomic E-state index is 13.4. The van der Waals surface area contributed by atoms with Gasteiger partial charge >= 0.3 is 0 Å². The summed E-state index contributed by atoms with van der Waals surface area (Å²) < 4.78 is 5.32. The zero-order chi connectivity index (χ0) is 22.1. The Balaban J connectivity index is 1.28. The average molecular weight is 430 g/mol. The molecule has 1 saturated heterocycles. The van der Waals surface area contributed by atoms with E-state index in [1.165, 1.54) is 0 Å². The summed E-state index contributed by atoms with van der Waals surface area (Å²) in [4.78, 5) is 32.9. The van der Waals surface area contributed by atoms with Crippen LogP contribution in [0.5, 0.6) is 5.75 Å². The summed E-state index contributed by atoms with van der Waals surface area (Å²) in [7, 11) is 1.59. The highest BCUT2D eigenvalue weighted by molar-refractivity contribution is 6.06. The topological polar surface area (TPSA) is 71.5 Å². The highest BCUT2D eigenvalue weighted by atomic mass is 16.5. The van der Waals surface area contributed by atoms with E-state index in [1.54, 1.807) is 7.11 Å². The van der Waals surface area contributed by atoms with Crippen LogP contribution in [0.3, 0.4) is 0 Å². The first-order valence-electron chi connectivity index (χ1n) is 11.3. The van der Waals surface area contributed by atoms with Crippen molar-refractivity contribution in [2.24, 2.45) is 5.92 Å². The van der Waals surface area contributed by atoms with Crippen LogP contribution in [0.15, 0.2) is 54.6 Å². The van der Waals surface area contributed by atoms with Crippen LogP contribution in [0.4, 0.5) is 5.69 Å². The van der Waals surface area contributed by atoms with Gasteiger partial charge in [0.1, 0.15) is 5.75 Å². The van der Waals surface area contributed by atoms with E-state index in [9.17, 15) is 9.59 Å². The van der Waals surface area contributed by atoms with Crippen molar-refractivity contribution in [1.82, 2.24) is 9.88 Å². The number of ether oxygens (including phenoxy) is 1. The third-order valence-corrected chi connectivity index (χ3v) is 6.48. The molecule has 1 aliphatic heterocycles. The summed E-state index contributed by atoms with van der Waals surface area (Å²) in [6, 6.07) is 17.3. The average Bonchev–Trinajstić information content (AvgIpc) is 3.69. The van der Waals surface area contributed by atoms with Gasteiger partial charge in [0.25, 0.3) is 5.91 Å². The number of para-hydroxylation sites is 3. The molecular weight excluding hydrogens is 402 g/mol. The molecule has 0 spiro atoms. The predicted octanol–water partition coefficient (Wildman–Crippen LogP) is 4.61. The Kier molecular flexibility index (Phi) is 5.52. The fourth-order valence-electron chi connectivity index (χ4n) is 4.46. The number of nitrogens with one attached hydrogen (secondary N) is 1. The molecule has 0 bridgehead atoms. The van der Waals surface area contributed by atoms with Crippen molar-refractivity contribution < 1.29 is 14.3 Å². The molecule has 1 N–H and O–H groups in total. The Morgan fingerprint density at radius 1 is 1.00 bits per heavy atom. The van der Waals surface area contributed by atoms with Gasteiger partial charge in [-0.25, -0.2) is 0 Å². The van der Waals surface area contributed by atoms with Gasteiger partial charge in [-0.15, -0.1) is 0 Å². The maximum absolute atomic E-state index is 13.4. The molecule has 0 atom stereocenters. The van der Waals surface area contributed by atoms with E-state index < -0.39 is 0 Å². The van der Waals surface area contributed by atoms with Crippen LogP contribution in [-0.4, -0.2) is 41.9 Å². The van der Waals surface area contributed by atoms with Gasteiger partial charge in [0.2, 0.25) is 5.91 Å². The number of carbonyl (C=O) groups is 2. The van der Waals surface area contributed by atoms with E-state index in [0.29, 0.717) is 43.3 Å². The molecule has 1 aliphatic carbocycles. The van der Waals surface area contributed by atoms with Crippen LogP contribution in [0, 0.1) is 5.92 Å². The SMILES string of the molecule is COc1ccccc1NC(=O)C1CCN(C(=O)c2cc(C3CC3)nc3ccccc23)CC1. The van der Waals surface area contributed by atoms with Crippen molar-refractivity contribution in [3.05, 3.63) is 65.9 Å². The second-order valence-electron chi connectivity index (χ2n) is 8.64. The van der Waals surface area contributed by atoms with Gasteiger partial charge in [-0.2, -0.15) is 0 Å². The van der Waals surface area contributed by atoms with Crippen LogP contribution in [0.25, 0.3) is 10.9 Å². The Morgan fingerprint density at radius 2 is 1.72 bits per heavy atom. The summed E-state index contributed by atoms with van der Waals surface area (Å²) >= 11 is 0. The number of piperidine rings is 1. The summed E-state index contributed by atoms with van der Waals surface area (Å²) in [5.41, 5.74) is 3.31. The Labute approximate surface area is 187 Å². The number of methoxy groups -OCH3 is 1. The molecule has 6 heteroatoms. The number of fused-ring (bicyclic) bond motifs is 1. The van der Waals surface area contributed by atoms with Gasteiger partial charge in [-0.05, 0) is 49.9 Å². The number of hydrogen-bond acceptors (Lipinski definition) is 4. The highest BCUT2D eigenvalue weighted by Gasteiger charge is 2.31. The fraction of sp³-hybridized carbons (Fsp3) is 0.346. The van der Waals surface area contributed by atoms with Crippen molar-refractivity contribution >= 4 is 28.4 Å². The molecule has 2 amide bonds. The molecule has 1 saturated carbocycles. The van der Waals surface area contributed by atoms with Crippen molar-refractivity contribution in [1.29, 1.82) is 0 Å². The van der Waals surface area contributed by atoms with Crippen LogP contribution >= 0.6 is 0 Å². The van der Waals surface area contributed by atoms with Crippen molar-refractivity contribution in [2.45, 2.75) is 31.6 Å². The summed E-state index contributed by atoms with van der Waals surface area (Å²) in [5, 5.41) is 3.88. The number of nitrogens with zero attached hydrogens (tertiary/aromatic N) is 2. The minimum Gasteiger partial charge on any atom is -0.495 e. The van der Waals surface area contributed by atoms with Gasteiger partial charge < -0.3 is 15.0 Å². The second-order valence-corrected chi connectivity index (χ2v) is 8.64. The fourth-order valence-corrected chi connectivity index (χ4v) is 4.46. The number of likely N-dealkylation sites (tertiary alicyclic amines) is 1. The molecule has 6 nitrogen and oxygen atoms in total. The number of aromatic nitrogens is 1. The zero-order valence-electron chi connectivity index (χ0n) is 18.2. The van der Waals surface area contributed by atoms with Gasteiger partial charge in [0, 0.05) is 36.0 Å². The lowest BCUT2D eigenvalue weighted by Gasteiger charge is -2.31. The molecular formula is C26H27N3O3. The number of amides is 2. The lowest BCUT2D eigenvalue weighted by molar-refractivity contribution is -0.121. The highest BCUT2D eigenvalue weighted by Crippen LogP contribution is 2.40. The number of carbonyl (C=O) groups excluding carboxylic acids is 2. The van der Waals surface area contributed by atoms with Gasteiger partial charge in [0.15, 0.2) is 0 Å². The number of hydrogen-bond donors (Lipinski definition) is 1. The molecule has 32 heavy (non-hydrogen) atoms. The Morgan fingerprint density at radius 3 is 2.47 bits per heavy atom. The molecule has 5 rings (SSSR count). The van der Waals surface area contributed by atoms with Crippen LogP contribution in [-0.2, 0) is 4.79 Å². The van der Waals surface area contributed by atoms with E-state index in [2.05, 4.69) is 5.32 Å². The van der Waals surface area contributed by atoms with Crippen molar-refractivity contribution in [3.8, 4) is 5.75 Å². The van der Waals surface area contributed by atoms with Crippen molar-refractivity contribution in [2.75, 3.05) is 25.5 Å². The summed E-state index contributed by atoms with van der Waals surface area (Å²) in [6.45, 7) is 1.14. The van der Waals surface area contributed by atoms with Crippen molar-refractivity contribution in [3.63, 3.8) is 0 Å².